The van der Waals surface area contributed by atoms with E-state index in [-0.39, 0.29) is 12.4 Å². The number of aryl methyl sites for hydroxylation is 1. The molecular weight excluding hydrogens is 380 g/mol. The standard InChI is InChI=1S/C24H20N2O4/c1-15-13-16(11-12-18(15)23(25)27)26-24(28)22-20(14-29-17-7-3-2-4-8-17)19-9-5-6-10-21(19)30-22/h2-13H,14H2,1H3,(H2,25,27)(H,26,28). The fourth-order valence-electron chi connectivity index (χ4n) is 3.30. The van der Waals surface area contributed by atoms with Gasteiger partial charge in [0.05, 0.1) is 0 Å². The smallest absolute Gasteiger partial charge is 0.291 e. The Balaban J connectivity index is 1.63. The zero-order valence-electron chi connectivity index (χ0n) is 16.3. The largest absolute Gasteiger partial charge is 0.489 e. The SMILES string of the molecule is Cc1cc(NC(=O)c2oc3ccccc3c2COc2ccccc2)ccc1C(N)=O. The number of ether oxygens (including phenoxy) is 1. The molecule has 30 heavy (non-hydrogen) atoms. The van der Waals surface area contributed by atoms with Crippen LogP contribution in [-0.2, 0) is 6.61 Å². The highest BCUT2D eigenvalue weighted by atomic mass is 16.5. The quantitative estimate of drug-likeness (QED) is 0.492. The normalized spacial score (nSPS) is 10.7. The Morgan fingerprint density at radius 2 is 1.73 bits per heavy atom. The Kier molecular flexibility index (Phi) is 5.22. The van der Waals surface area contributed by atoms with E-state index in [4.69, 9.17) is 14.9 Å². The molecule has 0 radical (unpaired) electrons. The van der Waals surface area contributed by atoms with Gasteiger partial charge in [-0.3, -0.25) is 9.59 Å². The Bertz CT molecular complexity index is 1230. The van der Waals surface area contributed by atoms with Crippen molar-refractivity contribution in [3.05, 3.63) is 95.2 Å². The second-order valence-corrected chi connectivity index (χ2v) is 6.86. The number of para-hydroxylation sites is 2. The van der Waals surface area contributed by atoms with Gasteiger partial charge in [0.2, 0.25) is 5.91 Å². The number of furan rings is 1. The number of nitrogens with one attached hydrogen (secondary N) is 1. The van der Waals surface area contributed by atoms with Crippen LogP contribution in [0, 0.1) is 6.92 Å². The maximum atomic E-state index is 13.0. The molecule has 0 unspecified atom stereocenters. The van der Waals surface area contributed by atoms with E-state index in [0.29, 0.717) is 33.7 Å². The summed E-state index contributed by atoms with van der Waals surface area (Å²) in [5.41, 5.74) is 8.25. The van der Waals surface area contributed by atoms with Gasteiger partial charge in [-0.2, -0.15) is 0 Å². The number of nitrogens with two attached hydrogens (primary N) is 1. The van der Waals surface area contributed by atoms with Gasteiger partial charge >= 0.3 is 0 Å². The first-order valence-corrected chi connectivity index (χ1v) is 9.43. The molecular formula is C24H20N2O4. The zero-order chi connectivity index (χ0) is 21.1. The van der Waals surface area contributed by atoms with Gasteiger partial charge in [0, 0.05) is 22.2 Å². The predicted octanol–water partition coefficient (Wildman–Crippen LogP) is 4.67. The van der Waals surface area contributed by atoms with Crippen LogP contribution in [0.2, 0.25) is 0 Å². The number of amides is 2. The van der Waals surface area contributed by atoms with Crippen LogP contribution in [-0.4, -0.2) is 11.8 Å². The molecule has 0 atom stereocenters. The minimum atomic E-state index is -0.511. The number of benzene rings is 3. The maximum Gasteiger partial charge on any atom is 0.291 e. The lowest BCUT2D eigenvalue weighted by atomic mass is 10.1. The van der Waals surface area contributed by atoms with E-state index in [1.807, 2.05) is 54.6 Å². The van der Waals surface area contributed by atoms with Gasteiger partial charge in [0.25, 0.3) is 5.91 Å². The van der Waals surface area contributed by atoms with Crippen LogP contribution in [0.15, 0.2) is 77.2 Å². The molecule has 3 N–H and O–H groups in total. The van der Waals surface area contributed by atoms with E-state index in [2.05, 4.69) is 5.32 Å². The first kappa shape index (κ1) is 19.3. The summed E-state index contributed by atoms with van der Waals surface area (Å²) >= 11 is 0. The van der Waals surface area contributed by atoms with Gasteiger partial charge in [0.15, 0.2) is 5.76 Å². The molecule has 6 heteroatoms. The van der Waals surface area contributed by atoms with Crippen molar-refractivity contribution >= 4 is 28.5 Å². The second-order valence-electron chi connectivity index (χ2n) is 6.86. The van der Waals surface area contributed by atoms with Gasteiger partial charge in [-0.25, -0.2) is 0 Å². The minimum Gasteiger partial charge on any atom is -0.489 e. The molecule has 0 aliphatic carbocycles. The summed E-state index contributed by atoms with van der Waals surface area (Å²) < 4.78 is 11.7. The van der Waals surface area contributed by atoms with E-state index in [0.717, 1.165) is 5.39 Å². The van der Waals surface area contributed by atoms with Crippen LogP contribution in [0.1, 0.15) is 32.0 Å². The maximum absolute atomic E-state index is 13.0. The molecule has 0 saturated carbocycles. The summed E-state index contributed by atoms with van der Waals surface area (Å²) in [7, 11) is 0. The van der Waals surface area contributed by atoms with Crippen molar-refractivity contribution in [3.63, 3.8) is 0 Å². The van der Waals surface area contributed by atoms with Crippen molar-refractivity contribution < 1.29 is 18.7 Å². The summed E-state index contributed by atoms with van der Waals surface area (Å²) in [6.07, 6.45) is 0. The van der Waals surface area contributed by atoms with Gasteiger partial charge in [-0.15, -0.1) is 0 Å². The Labute approximate surface area is 173 Å². The number of carbonyl (C=O) groups is 2. The van der Waals surface area contributed by atoms with E-state index in [9.17, 15) is 9.59 Å². The highest BCUT2D eigenvalue weighted by Gasteiger charge is 2.21. The number of hydrogen-bond donors (Lipinski definition) is 2. The molecule has 0 aliphatic heterocycles. The third kappa shape index (κ3) is 3.89. The van der Waals surface area contributed by atoms with Crippen LogP contribution in [0.4, 0.5) is 5.69 Å². The lowest BCUT2D eigenvalue weighted by Gasteiger charge is -2.09. The van der Waals surface area contributed by atoms with E-state index in [1.54, 1.807) is 25.1 Å². The number of hydrogen-bond acceptors (Lipinski definition) is 4. The molecule has 1 aromatic heterocycles. The lowest BCUT2D eigenvalue weighted by molar-refractivity contribution is 0.0990. The topological polar surface area (TPSA) is 94.6 Å². The number of anilines is 1. The summed E-state index contributed by atoms with van der Waals surface area (Å²) in [5, 5.41) is 3.64. The molecule has 4 aromatic rings. The van der Waals surface area contributed by atoms with Crippen molar-refractivity contribution in [2.75, 3.05) is 5.32 Å². The minimum absolute atomic E-state index is 0.184. The van der Waals surface area contributed by atoms with Crippen LogP contribution in [0.5, 0.6) is 5.75 Å². The van der Waals surface area contributed by atoms with Crippen LogP contribution >= 0.6 is 0 Å². The van der Waals surface area contributed by atoms with Crippen molar-refractivity contribution in [2.24, 2.45) is 5.73 Å². The predicted molar refractivity (Wildman–Crippen MR) is 115 cm³/mol. The van der Waals surface area contributed by atoms with Crippen molar-refractivity contribution in [2.45, 2.75) is 13.5 Å². The molecule has 3 aromatic carbocycles. The summed E-state index contributed by atoms with van der Waals surface area (Å²) in [4.78, 5) is 24.4. The fraction of sp³-hybridized carbons (Fsp3) is 0.0833. The summed E-state index contributed by atoms with van der Waals surface area (Å²) in [6, 6.07) is 21.7. The van der Waals surface area contributed by atoms with Gasteiger partial charge < -0.3 is 20.2 Å². The monoisotopic (exact) mass is 400 g/mol. The highest BCUT2D eigenvalue weighted by Crippen LogP contribution is 2.28. The third-order valence-corrected chi connectivity index (χ3v) is 4.78. The van der Waals surface area contributed by atoms with E-state index in [1.165, 1.54) is 0 Å². The molecule has 0 aliphatic rings. The Hall–Kier alpha value is -4.06. The molecule has 6 nitrogen and oxygen atoms in total. The molecule has 0 bridgehead atoms. The molecule has 0 spiro atoms. The average Bonchev–Trinajstić information content (AvgIpc) is 3.11. The first-order valence-electron chi connectivity index (χ1n) is 9.43. The number of fused-ring (bicyclic) bond motifs is 1. The number of carbonyl (C=O) groups excluding carboxylic acids is 2. The fourth-order valence-corrected chi connectivity index (χ4v) is 3.30. The summed E-state index contributed by atoms with van der Waals surface area (Å²) in [5.74, 6) is -0.0253. The Morgan fingerprint density at radius 3 is 2.47 bits per heavy atom. The number of primary amides is 1. The van der Waals surface area contributed by atoms with Crippen molar-refractivity contribution in [1.82, 2.24) is 0 Å². The van der Waals surface area contributed by atoms with Crippen LogP contribution < -0.4 is 15.8 Å². The van der Waals surface area contributed by atoms with Crippen LogP contribution in [0.3, 0.4) is 0 Å². The third-order valence-electron chi connectivity index (χ3n) is 4.78. The number of rotatable bonds is 6. The molecule has 0 saturated heterocycles. The van der Waals surface area contributed by atoms with Gasteiger partial charge in [-0.05, 0) is 48.9 Å². The first-order chi connectivity index (χ1) is 14.5. The average molecular weight is 400 g/mol. The highest BCUT2D eigenvalue weighted by molar-refractivity contribution is 6.07. The lowest BCUT2D eigenvalue weighted by Crippen LogP contribution is -2.15. The second kappa shape index (κ2) is 8.13. The van der Waals surface area contributed by atoms with Crippen molar-refractivity contribution in [3.8, 4) is 5.75 Å². The molecule has 0 fully saturated rings. The van der Waals surface area contributed by atoms with Gasteiger partial charge in [-0.1, -0.05) is 36.4 Å². The van der Waals surface area contributed by atoms with Crippen LogP contribution in [0.25, 0.3) is 11.0 Å². The summed E-state index contributed by atoms with van der Waals surface area (Å²) in [6.45, 7) is 1.94. The zero-order valence-corrected chi connectivity index (χ0v) is 16.3. The molecule has 150 valence electrons. The molecule has 1 heterocycles. The molecule has 2 amide bonds. The van der Waals surface area contributed by atoms with Gasteiger partial charge in [0.1, 0.15) is 17.9 Å². The molecule has 4 rings (SSSR count). The Morgan fingerprint density at radius 1 is 1.00 bits per heavy atom. The van der Waals surface area contributed by atoms with E-state index >= 15 is 0 Å². The van der Waals surface area contributed by atoms with Crippen molar-refractivity contribution in [1.29, 1.82) is 0 Å². The van der Waals surface area contributed by atoms with E-state index < -0.39 is 11.8 Å².